The molecule has 2 aromatic rings. The van der Waals surface area contributed by atoms with Gasteiger partial charge in [0.25, 0.3) is 0 Å². The minimum atomic E-state index is -0.703. The van der Waals surface area contributed by atoms with E-state index in [1.165, 1.54) is 66.8 Å². The molecule has 0 aliphatic heterocycles. The van der Waals surface area contributed by atoms with Gasteiger partial charge in [0.2, 0.25) is 0 Å². The van der Waals surface area contributed by atoms with Crippen molar-refractivity contribution in [2.75, 3.05) is 53.4 Å². The van der Waals surface area contributed by atoms with E-state index in [2.05, 4.69) is 60.3 Å². The molecule has 0 fully saturated rings. The van der Waals surface area contributed by atoms with E-state index in [9.17, 15) is 33.6 Å². The molecule has 0 aliphatic rings. The van der Waals surface area contributed by atoms with Gasteiger partial charge in [-0.05, 0) is 30.3 Å². The Hall–Kier alpha value is -7.19. The Morgan fingerprint density at radius 3 is 1.16 bits per heavy atom. The molecule has 2 rings (SSSR count). The molecule has 0 spiro atoms. The first-order valence-electron chi connectivity index (χ1n) is 16.6. The topological polar surface area (TPSA) is 184 Å². The van der Waals surface area contributed by atoms with Crippen molar-refractivity contribution in [3.63, 3.8) is 0 Å². The lowest BCUT2D eigenvalue weighted by Gasteiger charge is -2.07. The maximum Gasteiger partial charge on any atom is 0.339 e. The Morgan fingerprint density at radius 2 is 0.825 bits per heavy atom. The molecule has 304 valence electrons. The molecule has 0 heterocycles. The van der Waals surface area contributed by atoms with Gasteiger partial charge in [-0.2, -0.15) is 0 Å². The second-order valence-electron chi connectivity index (χ2n) is 9.93. The number of hydrogen-bond acceptors (Lipinski definition) is 14. The number of benzene rings is 2. The molecule has 14 nitrogen and oxygen atoms in total. The molecule has 0 unspecified atom stereocenters. The van der Waals surface area contributed by atoms with Gasteiger partial charge < -0.3 is 33.2 Å². The number of methoxy groups -OCH3 is 1. The maximum absolute atomic E-state index is 11.8. The van der Waals surface area contributed by atoms with Crippen LogP contribution in [0.4, 0.5) is 0 Å². The zero-order chi connectivity index (χ0) is 43.3. The Kier molecular flexibility index (Phi) is 31.5. The largest absolute Gasteiger partial charge is 0.458 e. The molecule has 0 aromatic heterocycles. The molecule has 14 heteroatoms. The van der Waals surface area contributed by atoms with E-state index in [0.717, 1.165) is 12.2 Å². The van der Waals surface area contributed by atoms with E-state index in [0.29, 0.717) is 12.9 Å². The zero-order valence-corrected chi connectivity index (χ0v) is 31.9. The molecular formula is C43H48O14. The summed E-state index contributed by atoms with van der Waals surface area (Å²) >= 11 is 0. The first-order valence-corrected chi connectivity index (χ1v) is 16.6. The lowest BCUT2D eigenvalue weighted by atomic mass is 10.0. The van der Waals surface area contributed by atoms with Crippen LogP contribution in [0.25, 0.3) is 0 Å². The van der Waals surface area contributed by atoms with Crippen LogP contribution in [0.1, 0.15) is 51.8 Å². The summed E-state index contributed by atoms with van der Waals surface area (Å²) in [6.45, 7) is 25.0. The number of hydrogen-bond donors (Lipinski definition) is 0. The number of aldehydes is 1. The van der Waals surface area contributed by atoms with Crippen LogP contribution in [0.5, 0.6) is 0 Å². The molecular weight excluding hydrogens is 740 g/mol. The standard InChI is InChI=1S/C15H14O5.C14H14O4.C10H12O4.C4H8O/c1-3-7-19-14(17)11-5-6-12(10-16)13(9-11)15(18)20-8-4-2;1-3-9-17-13(15)11-7-5-6-8-12(11)14(16)18-10-4-2;1-3-7-13-9(11)5-6-10(12)14-8-4-2;1-3-4-5-2/h3-6,9-10H,1-2,7-8H2;3-8H,1-2,9-10H2;3-6H,1-2,7-8H2;3H,1,4H2,2H3/b;;6-5-;. The van der Waals surface area contributed by atoms with E-state index in [1.807, 2.05) is 0 Å². The Morgan fingerprint density at radius 1 is 0.474 bits per heavy atom. The normalized spacial score (nSPS) is 9.21. The number of carbonyl (C=O) groups excluding carboxylic acids is 7. The number of rotatable bonds is 21. The lowest BCUT2D eigenvalue weighted by molar-refractivity contribution is -0.139. The van der Waals surface area contributed by atoms with Gasteiger partial charge in [-0.3, -0.25) is 4.79 Å². The molecule has 0 saturated heterocycles. The predicted octanol–water partition coefficient (Wildman–Crippen LogP) is 6.38. The van der Waals surface area contributed by atoms with Crippen molar-refractivity contribution in [2.24, 2.45) is 0 Å². The SMILES string of the molecule is C=CCOC.C=CCOC(=O)/C=C\C(=O)OCC=C.C=CCOC(=O)c1ccc(C=O)c(C(=O)OCC=C)c1.C=CCOC(=O)c1ccccc1C(=O)OCC=C. The molecule has 0 bridgehead atoms. The summed E-state index contributed by atoms with van der Waals surface area (Å²) in [5.74, 6) is -3.70. The van der Waals surface area contributed by atoms with Gasteiger partial charge in [-0.1, -0.05) is 94.1 Å². The second kappa shape index (κ2) is 34.6. The first kappa shape index (κ1) is 51.9. The van der Waals surface area contributed by atoms with E-state index < -0.39 is 35.8 Å². The molecule has 0 radical (unpaired) electrons. The summed E-state index contributed by atoms with van der Waals surface area (Å²) in [4.78, 5) is 79.3. The Balaban J connectivity index is 0. The molecule has 0 amide bonds. The predicted molar refractivity (Wildman–Crippen MR) is 214 cm³/mol. The highest BCUT2D eigenvalue weighted by Gasteiger charge is 2.19. The third-order valence-corrected chi connectivity index (χ3v) is 5.66. The third kappa shape index (κ3) is 24.7. The van der Waals surface area contributed by atoms with Crippen LogP contribution in [0.15, 0.2) is 143 Å². The molecule has 57 heavy (non-hydrogen) atoms. The molecule has 0 aliphatic carbocycles. The first-order chi connectivity index (χ1) is 27.5. The van der Waals surface area contributed by atoms with Crippen LogP contribution in [0, 0.1) is 0 Å². The fourth-order valence-corrected chi connectivity index (χ4v) is 3.29. The monoisotopic (exact) mass is 788 g/mol. The Labute approximate surface area is 332 Å². The zero-order valence-electron chi connectivity index (χ0n) is 31.9. The van der Waals surface area contributed by atoms with E-state index >= 15 is 0 Å². The van der Waals surface area contributed by atoms with Crippen molar-refractivity contribution in [3.8, 4) is 0 Å². The average molecular weight is 789 g/mol. The summed E-state index contributed by atoms with van der Waals surface area (Å²) in [6.07, 6.45) is 12.8. The van der Waals surface area contributed by atoms with E-state index in [-0.39, 0.29) is 67.5 Å². The highest BCUT2D eigenvalue weighted by Crippen LogP contribution is 2.14. The third-order valence-electron chi connectivity index (χ3n) is 5.66. The lowest BCUT2D eigenvalue weighted by Crippen LogP contribution is -2.14. The van der Waals surface area contributed by atoms with Crippen LogP contribution in [-0.2, 0) is 42.7 Å². The highest BCUT2D eigenvalue weighted by molar-refractivity contribution is 6.03. The maximum atomic E-state index is 11.8. The smallest absolute Gasteiger partial charge is 0.339 e. The van der Waals surface area contributed by atoms with Gasteiger partial charge in [0.15, 0.2) is 6.29 Å². The van der Waals surface area contributed by atoms with Gasteiger partial charge in [0.1, 0.15) is 39.6 Å². The van der Waals surface area contributed by atoms with Crippen LogP contribution >= 0.6 is 0 Å². The van der Waals surface area contributed by atoms with Crippen molar-refractivity contribution >= 4 is 42.1 Å². The van der Waals surface area contributed by atoms with Crippen molar-refractivity contribution < 1.29 is 66.7 Å². The van der Waals surface area contributed by atoms with Gasteiger partial charge in [0.05, 0.1) is 28.9 Å². The number of esters is 6. The van der Waals surface area contributed by atoms with Crippen LogP contribution in [0.3, 0.4) is 0 Å². The summed E-state index contributed by atoms with van der Waals surface area (Å²) in [5.41, 5.74) is 0.652. The average Bonchev–Trinajstić information content (AvgIpc) is 3.24. The van der Waals surface area contributed by atoms with Gasteiger partial charge in [0, 0.05) is 24.8 Å². The fraction of sp³-hybridized carbons (Fsp3) is 0.186. The van der Waals surface area contributed by atoms with Crippen molar-refractivity contribution in [2.45, 2.75) is 0 Å². The second-order valence-corrected chi connectivity index (χ2v) is 9.93. The molecule has 0 N–H and O–H groups in total. The minimum absolute atomic E-state index is 0.00917. The van der Waals surface area contributed by atoms with Gasteiger partial charge in [-0.25, -0.2) is 28.8 Å². The molecule has 2 aromatic carbocycles. The van der Waals surface area contributed by atoms with Crippen molar-refractivity contribution in [3.05, 3.63) is 171 Å². The van der Waals surface area contributed by atoms with Gasteiger partial charge in [-0.15, -0.1) is 6.58 Å². The summed E-state index contributed by atoms with van der Waals surface area (Å²) in [7, 11) is 1.64. The Bertz CT molecular complexity index is 1650. The fourth-order valence-electron chi connectivity index (χ4n) is 3.29. The number of carbonyl (C=O) groups is 7. The van der Waals surface area contributed by atoms with Crippen LogP contribution in [-0.4, -0.2) is 95.5 Å². The summed E-state index contributed by atoms with van der Waals surface area (Å²) in [6, 6.07) is 10.3. The quantitative estimate of drug-likeness (QED) is 0.0446. The molecule has 0 saturated carbocycles. The summed E-state index contributed by atoms with van der Waals surface area (Å²) in [5, 5.41) is 0. The van der Waals surface area contributed by atoms with E-state index in [1.54, 1.807) is 25.3 Å². The van der Waals surface area contributed by atoms with Crippen molar-refractivity contribution in [1.29, 1.82) is 0 Å². The van der Waals surface area contributed by atoms with Crippen LogP contribution in [0.2, 0.25) is 0 Å². The van der Waals surface area contributed by atoms with Crippen LogP contribution < -0.4 is 0 Å². The number of ether oxygens (including phenoxy) is 7. The van der Waals surface area contributed by atoms with Crippen molar-refractivity contribution in [1.82, 2.24) is 0 Å². The molecule has 0 atom stereocenters. The van der Waals surface area contributed by atoms with Gasteiger partial charge >= 0.3 is 35.8 Å². The summed E-state index contributed by atoms with van der Waals surface area (Å²) < 4.78 is 33.2. The highest BCUT2D eigenvalue weighted by atomic mass is 16.6. The van der Waals surface area contributed by atoms with E-state index in [4.69, 9.17) is 18.9 Å². The minimum Gasteiger partial charge on any atom is -0.458 e.